The summed E-state index contributed by atoms with van der Waals surface area (Å²) >= 11 is 3.54. The van der Waals surface area contributed by atoms with Crippen molar-refractivity contribution in [2.45, 2.75) is 25.9 Å². The van der Waals surface area contributed by atoms with Crippen molar-refractivity contribution in [2.75, 3.05) is 32.2 Å². The van der Waals surface area contributed by atoms with Gasteiger partial charge < -0.3 is 14.8 Å². The molecule has 1 aliphatic heterocycles. The number of hydrogen-bond donors (Lipinski definition) is 1. The summed E-state index contributed by atoms with van der Waals surface area (Å²) < 4.78 is 12.0. The third-order valence-corrected chi connectivity index (χ3v) is 3.60. The zero-order chi connectivity index (χ0) is 13.0. The second-order valence-electron chi connectivity index (χ2n) is 4.13. The molecule has 1 saturated heterocycles. The van der Waals surface area contributed by atoms with E-state index in [-0.39, 0.29) is 6.10 Å². The molecule has 1 atom stereocenters. The summed E-state index contributed by atoms with van der Waals surface area (Å²) in [6.07, 6.45) is 1.80. The topological polar surface area (TPSA) is 56.3 Å². The van der Waals surface area contributed by atoms with E-state index in [4.69, 9.17) is 9.47 Å². The van der Waals surface area contributed by atoms with Gasteiger partial charge in [-0.25, -0.2) is 9.97 Å². The van der Waals surface area contributed by atoms with Crippen molar-refractivity contribution >= 4 is 21.7 Å². The SMILES string of the molecule is CCCc1nc(C2COCCO2)nc(NC)c1Br. The van der Waals surface area contributed by atoms with E-state index in [2.05, 4.69) is 38.1 Å². The second-order valence-corrected chi connectivity index (χ2v) is 4.92. The quantitative estimate of drug-likeness (QED) is 0.924. The summed E-state index contributed by atoms with van der Waals surface area (Å²) in [6.45, 7) is 3.90. The molecule has 1 N–H and O–H groups in total. The molecule has 0 aliphatic carbocycles. The maximum absolute atomic E-state index is 5.64. The Bertz CT molecular complexity index is 409. The summed E-state index contributed by atoms with van der Waals surface area (Å²) in [5.74, 6) is 1.50. The van der Waals surface area contributed by atoms with Crippen LogP contribution in [0, 0.1) is 0 Å². The summed E-state index contributed by atoms with van der Waals surface area (Å²) in [5.41, 5.74) is 1.01. The van der Waals surface area contributed by atoms with Gasteiger partial charge in [0.25, 0.3) is 0 Å². The molecule has 1 fully saturated rings. The molecule has 1 aromatic heterocycles. The molecule has 6 heteroatoms. The maximum atomic E-state index is 5.64. The van der Waals surface area contributed by atoms with Crippen LogP contribution in [0.2, 0.25) is 0 Å². The van der Waals surface area contributed by atoms with Gasteiger partial charge in [-0.3, -0.25) is 0 Å². The molecular formula is C12H18BrN3O2. The number of nitrogens with zero attached hydrogens (tertiary/aromatic N) is 2. The smallest absolute Gasteiger partial charge is 0.162 e. The second kappa shape index (κ2) is 6.45. The van der Waals surface area contributed by atoms with Gasteiger partial charge >= 0.3 is 0 Å². The van der Waals surface area contributed by atoms with Crippen LogP contribution in [0.25, 0.3) is 0 Å². The molecule has 0 radical (unpaired) electrons. The van der Waals surface area contributed by atoms with Gasteiger partial charge in [-0.05, 0) is 22.4 Å². The normalized spacial score (nSPS) is 19.8. The summed E-state index contributed by atoms with van der Waals surface area (Å²) in [6, 6.07) is 0. The molecule has 2 rings (SSSR count). The van der Waals surface area contributed by atoms with Crippen molar-refractivity contribution < 1.29 is 9.47 Å². The van der Waals surface area contributed by atoms with E-state index in [1.54, 1.807) is 0 Å². The van der Waals surface area contributed by atoms with Crippen molar-refractivity contribution in [1.82, 2.24) is 9.97 Å². The summed E-state index contributed by atoms with van der Waals surface area (Å²) in [4.78, 5) is 9.07. The fourth-order valence-corrected chi connectivity index (χ4v) is 2.44. The van der Waals surface area contributed by atoms with Gasteiger partial charge in [0.05, 0.1) is 30.0 Å². The molecule has 18 heavy (non-hydrogen) atoms. The fourth-order valence-electron chi connectivity index (χ4n) is 1.86. The summed E-state index contributed by atoms with van der Waals surface area (Å²) in [7, 11) is 1.85. The first-order valence-corrected chi connectivity index (χ1v) is 6.99. The van der Waals surface area contributed by atoms with Crippen LogP contribution in [0.4, 0.5) is 5.82 Å². The standard InChI is InChI=1S/C12H18BrN3O2/c1-3-4-8-10(13)12(14-2)16-11(15-8)9-7-17-5-6-18-9/h9H,3-7H2,1-2H3,(H,14,15,16). The van der Waals surface area contributed by atoms with Crippen molar-refractivity contribution in [1.29, 1.82) is 0 Å². The monoisotopic (exact) mass is 315 g/mol. The highest BCUT2D eigenvalue weighted by atomic mass is 79.9. The van der Waals surface area contributed by atoms with Gasteiger partial charge in [0.1, 0.15) is 11.9 Å². The Kier molecular flexibility index (Phi) is 4.91. The van der Waals surface area contributed by atoms with Crippen LogP contribution in [-0.2, 0) is 15.9 Å². The van der Waals surface area contributed by atoms with Gasteiger partial charge in [-0.2, -0.15) is 0 Å². The number of halogens is 1. The number of hydrogen-bond acceptors (Lipinski definition) is 5. The van der Waals surface area contributed by atoms with Crippen molar-refractivity contribution in [2.24, 2.45) is 0 Å². The summed E-state index contributed by atoms with van der Waals surface area (Å²) in [5, 5.41) is 3.08. The average Bonchev–Trinajstić information content (AvgIpc) is 2.42. The molecular weight excluding hydrogens is 298 g/mol. The molecule has 0 saturated carbocycles. The van der Waals surface area contributed by atoms with Crippen molar-refractivity contribution in [3.63, 3.8) is 0 Å². The van der Waals surface area contributed by atoms with Crippen LogP contribution in [0.5, 0.6) is 0 Å². The Hall–Kier alpha value is -0.720. The zero-order valence-corrected chi connectivity index (χ0v) is 12.3. The lowest BCUT2D eigenvalue weighted by atomic mass is 10.2. The highest BCUT2D eigenvalue weighted by Gasteiger charge is 2.22. The zero-order valence-electron chi connectivity index (χ0n) is 10.7. The molecule has 5 nitrogen and oxygen atoms in total. The highest BCUT2D eigenvalue weighted by Crippen LogP contribution is 2.27. The lowest BCUT2D eigenvalue weighted by molar-refractivity contribution is -0.0935. The Morgan fingerprint density at radius 3 is 2.83 bits per heavy atom. The number of aromatic nitrogens is 2. The fraction of sp³-hybridized carbons (Fsp3) is 0.667. The number of nitrogens with one attached hydrogen (secondary N) is 1. The van der Waals surface area contributed by atoms with E-state index >= 15 is 0 Å². The van der Waals surface area contributed by atoms with E-state index in [0.29, 0.717) is 25.6 Å². The van der Waals surface area contributed by atoms with E-state index in [0.717, 1.165) is 28.8 Å². The Labute approximate surface area is 115 Å². The van der Waals surface area contributed by atoms with Crippen molar-refractivity contribution in [3.8, 4) is 0 Å². The highest BCUT2D eigenvalue weighted by molar-refractivity contribution is 9.10. The molecule has 0 bridgehead atoms. The molecule has 2 heterocycles. The maximum Gasteiger partial charge on any atom is 0.162 e. The van der Waals surface area contributed by atoms with Crippen LogP contribution in [-0.4, -0.2) is 36.8 Å². The number of anilines is 1. The van der Waals surface area contributed by atoms with Crippen LogP contribution < -0.4 is 5.32 Å². The van der Waals surface area contributed by atoms with E-state index in [1.807, 2.05) is 7.05 Å². The lowest BCUT2D eigenvalue weighted by Gasteiger charge is -2.23. The third kappa shape index (κ3) is 2.99. The number of aryl methyl sites for hydroxylation is 1. The lowest BCUT2D eigenvalue weighted by Crippen LogP contribution is -2.24. The molecule has 100 valence electrons. The van der Waals surface area contributed by atoms with Gasteiger partial charge in [-0.15, -0.1) is 0 Å². The molecule has 0 aromatic carbocycles. The Morgan fingerprint density at radius 2 is 2.22 bits per heavy atom. The third-order valence-electron chi connectivity index (χ3n) is 2.76. The first-order chi connectivity index (χ1) is 8.76. The Balaban J connectivity index is 2.31. The number of ether oxygens (including phenoxy) is 2. The minimum atomic E-state index is -0.158. The molecule has 0 amide bonds. The van der Waals surface area contributed by atoms with E-state index < -0.39 is 0 Å². The van der Waals surface area contributed by atoms with Crippen LogP contribution in [0.3, 0.4) is 0 Å². The van der Waals surface area contributed by atoms with Crippen LogP contribution in [0.15, 0.2) is 4.47 Å². The first-order valence-electron chi connectivity index (χ1n) is 6.19. The van der Waals surface area contributed by atoms with Crippen LogP contribution >= 0.6 is 15.9 Å². The molecule has 1 unspecified atom stereocenters. The molecule has 1 aliphatic rings. The predicted molar refractivity (Wildman–Crippen MR) is 72.8 cm³/mol. The van der Waals surface area contributed by atoms with Crippen LogP contribution in [0.1, 0.15) is 31.0 Å². The minimum Gasteiger partial charge on any atom is -0.376 e. The number of rotatable bonds is 4. The van der Waals surface area contributed by atoms with Crippen molar-refractivity contribution in [3.05, 3.63) is 16.0 Å². The molecule has 1 aromatic rings. The van der Waals surface area contributed by atoms with Gasteiger partial charge in [-0.1, -0.05) is 13.3 Å². The Morgan fingerprint density at radius 1 is 1.39 bits per heavy atom. The first kappa shape index (κ1) is 13.7. The van der Waals surface area contributed by atoms with Gasteiger partial charge in [0, 0.05) is 7.05 Å². The van der Waals surface area contributed by atoms with Gasteiger partial charge in [0.15, 0.2) is 5.82 Å². The largest absolute Gasteiger partial charge is 0.376 e. The molecule has 0 spiro atoms. The van der Waals surface area contributed by atoms with Gasteiger partial charge in [0.2, 0.25) is 0 Å². The minimum absolute atomic E-state index is 0.158. The predicted octanol–water partition coefficient (Wildman–Crippen LogP) is 2.32. The average molecular weight is 316 g/mol. The van der Waals surface area contributed by atoms with E-state index in [1.165, 1.54) is 0 Å². The van der Waals surface area contributed by atoms with E-state index in [9.17, 15) is 0 Å².